The molecule has 110 valence electrons. The average Bonchev–Trinajstić information content (AvgIpc) is 2.46. The summed E-state index contributed by atoms with van der Waals surface area (Å²) in [6.45, 7) is 5.45. The molecule has 0 radical (unpaired) electrons. The van der Waals surface area contributed by atoms with Crippen molar-refractivity contribution in [1.29, 1.82) is 0 Å². The van der Waals surface area contributed by atoms with Gasteiger partial charge in [-0.05, 0) is 31.7 Å². The van der Waals surface area contributed by atoms with E-state index in [2.05, 4.69) is 11.9 Å². The molecule has 0 spiro atoms. The number of rotatable bonds is 4. The van der Waals surface area contributed by atoms with E-state index < -0.39 is 0 Å². The zero-order valence-electron chi connectivity index (χ0n) is 12.2. The van der Waals surface area contributed by atoms with Crippen LogP contribution in [0.25, 0.3) is 0 Å². The largest absolute Gasteiger partial charge is 0.484 e. The topological polar surface area (TPSA) is 58.8 Å². The van der Waals surface area contributed by atoms with Crippen LogP contribution in [0.1, 0.15) is 18.5 Å². The normalized spacial score (nSPS) is 17.9. The number of hydrogen-bond acceptors (Lipinski definition) is 4. The second kappa shape index (κ2) is 6.72. The fourth-order valence-electron chi connectivity index (χ4n) is 2.16. The molecule has 1 heterocycles. The number of ether oxygens (including phenoxy) is 1. The number of piperazine rings is 1. The number of nitrogens with two attached hydrogens (primary N) is 1. The van der Waals surface area contributed by atoms with Gasteiger partial charge >= 0.3 is 0 Å². The predicted octanol–water partition coefficient (Wildman–Crippen LogP) is 0.859. The Balaban J connectivity index is 1.81. The van der Waals surface area contributed by atoms with E-state index in [1.807, 2.05) is 36.1 Å². The molecule has 0 unspecified atom stereocenters. The lowest BCUT2D eigenvalue weighted by Crippen LogP contribution is -2.48. The molecule has 0 aliphatic carbocycles. The zero-order valence-corrected chi connectivity index (χ0v) is 12.2. The minimum Gasteiger partial charge on any atom is -0.484 e. The van der Waals surface area contributed by atoms with Gasteiger partial charge in [-0.3, -0.25) is 4.79 Å². The lowest BCUT2D eigenvalue weighted by Gasteiger charge is -2.32. The van der Waals surface area contributed by atoms with Crippen LogP contribution in [-0.4, -0.2) is 55.5 Å². The van der Waals surface area contributed by atoms with E-state index in [1.165, 1.54) is 0 Å². The Morgan fingerprint density at radius 3 is 2.40 bits per heavy atom. The van der Waals surface area contributed by atoms with Crippen molar-refractivity contribution >= 4 is 5.91 Å². The maximum atomic E-state index is 12.0. The summed E-state index contributed by atoms with van der Waals surface area (Å²) in [5.74, 6) is 0.756. The van der Waals surface area contributed by atoms with Crippen molar-refractivity contribution < 1.29 is 9.53 Å². The number of carbonyl (C=O) groups excluding carboxylic acids is 1. The van der Waals surface area contributed by atoms with Gasteiger partial charge in [0, 0.05) is 32.2 Å². The van der Waals surface area contributed by atoms with Gasteiger partial charge in [-0.25, -0.2) is 0 Å². The Labute approximate surface area is 120 Å². The van der Waals surface area contributed by atoms with Crippen LogP contribution >= 0.6 is 0 Å². The van der Waals surface area contributed by atoms with Gasteiger partial charge in [0.05, 0.1) is 0 Å². The first-order valence-corrected chi connectivity index (χ1v) is 7.01. The molecule has 1 aliphatic rings. The Morgan fingerprint density at radius 1 is 1.25 bits per heavy atom. The minimum absolute atomic E-state index is 0.0102. The molecule has 1 aliphatic heterocycles. The van der Waals surface area contributed by atoms with E-state index in [4.69, 9.17) is 10.5 Å². The first-order chi connectivity index (χ1) is 9.56. The predicted molar refractivity (Wildman–Crippen MR) is 78.6 cm³/mol. The first-order valence-electron chi connectivity index (χ1n) is 7.01. The lowest BCUT2D eigenvalue weighted by molar-refractivity contribution is -0.134. The monoisotopic (exact) mass is 277 g/mol. The van der Waals surface area contributed by atoms with Crippen molar-refractivity contribution in [3.63, 3.8) is 0 Å². The summed E-state index contributed by atoms with van der Waals surface area (Å²) < 4.78 is 5.54. The van der Waals surface area contributed by atoms with Crippen molar-refractivity contribution in [3.8, 4) is 5.75 Å². The number of hydrogen-bond donors (Lipinski definition) is 1. The van der Waals surface area contributed by atoms with Crippen molar-refractivity contribution in [2.45, 2.75) is 13.0 Å². The van der Waals surface area contributed by atoms with E-state index in [-0.39, 0.29) is 18.6 Å². The zero-order chi connectivity index (χ0) is 14.5. The molecular weight excluding hydrogens is 254 g/mol. The summed E-state index contributed by atoms with van der Waals surface area (Å²) in [4.78, 5) is 16.1. The molecule has 1 amide bonds. The maximum absolute atomic E-state index is 12.0. The minimum atomic E-state index is 0.0102. The molecule has 20 heavy (non-hydrogen) atoms. The smallest absolute Gasteiger partial charge is 0.260 e. The number of nitrogens with zero attached hydrogens (tertiary/aromatic N) is 2. The molecule has 1 aromatic carbocycles. The van der Waals surface area contributed by atoms with Gasteiger partial charge in [0.2, 0.25) is 0 Å². The van der Waals surface area contributed by atoms with Gasteiger partial charge in [0.15, 0.2) is 6.61 Å². The fraction of sp³-hybridized carbons (Fsp3) is 0.533. The molecule has 1 fully saturated rings. The molecule has 2 N–H and O–H groups in total. The van der Waals surface area contributed by atoms with Crippen molar-refractivity contribution in [2.24, 2.45) is 5.73 Å². The average molecular weight is 277 g/mol. The molecule has 2 rings (SSSR count). The maximum Gasteiger partial charge on any atom is 0.260 e. The van der Waals surface area contributed by atoms with Crippen molar-refractivity contribution in [1.82, 2.24) is 9.80 Å². The van der Waals surface area contributed by atoms with E-state index in [0.29, 0.717) is 5.75 Å². The number of carbonyl (C=O) groups is 1. The first kappa shape index (κ1) is 14.8. The molecule has 5 heteroatoms. The van der Waals surface area contributed by atoms with Gasteiger partial charge < -0.3 is 20.3 Å². The number of amides is 1. The summed E-state index contributed by atoms with van der Waals surface area (Å²) in [5.41, 5.74) is 6.85. The number of benzene rings is 1. The van der Waals surface area contributed by atoms with Crippen molar-refractivity contribution in [2.75, 3.05) is 39.8 Å². The highest BCUT2D eigenvalue weighted by Gasteiger charge is 2.19. The Kier molecular flexibility index (Phi) is 4.98. The molecule has 0 aromatic heterocycles. The third-order valence-corrected chi connectivity index (χ3v) is 3.62. The molecule has 0 bridgehead atoms. The van der Waals surface area contributed by atoms with Gasteiger partial charge in [-0.15, -0.1) is 0 Å². The van der Waals surface area contributed by atoms with Gasteiger partial charge in [-0.2, -0.15) is 0 Å². The molecule has 1 aromatic rings. The van der Waals surface area contributed by atoms with E-state index >= 15 is 0 Å². The van der Waals surface area contributed by atoms with Crippen LogP contribution in [0.4, 0.5) is 0 Å². The molecule has 0 saturated carbocycles. The molecule has 1 atom stereocenters. The van der Waals surface area contributed by atoms with Crippen LogP contribution < -0.4 is 10.5 Å². The van der Waals surface area contributed by atoms with Crippen LogP contribution in [0.3, 0.4) is 0 Å². The standard InChI is InChI=1S/C15H23N3O2/c1-12(16)13-3-5-14(6-4-13)20-11-15(19)18-9-7-17(2)8-10-18/h3-6,12H,7-11,16H2,1-2H3/t12-/m1/s1. The summed E-state index contributed by atoms with van der Waals surface area (Å²) in [6, 6.07) is 7.59. The summed E-state index contributed by atoms with van der Waals surface area (Å²) in [6.07, 6.45) is 0. The lowest BCUT2D eigenvalue weighted by atomic mass is 10.1. The third kappa shape index (κ3) is 3.95. The van der Waals surface area contributed by atoms with Crippen LogP contribution in [0.15, 0.2) is 24.3 Å². The van der Waals surface area contributed by atoms with E-state index in [0.717, 1.165) is 31.7 Å². The highest BCUT2D eigenvalue weighted by atomic mass is 16.5. The van der Waals surface area contributed by atoms with Gasteiger partial charge in [-0.1, -0.05) is 12.1 Å². The van der Waals surface area contributed by atoms with E-state index in [9.17, 15) is 4.79 Å². The van der Waals surface area contributed by atoms with Crippen LogP contribution in [-0.2, 0) is 4.79 Å². The summed E-state index contributed by atoms with van der Waals surface area (Å²) >= 11 is 0. The Morgan fingerprint density at radius 2 is 1.85 bits per heavy atom. The van der Waals surface area contributed by atoms with Gasteiger partial charge in [0.25, 0.3) is 5.91 Å². The fourth-order valence-corrected chi connectivity index (χ4v) is 2.16. The Bertz CT molecular complexity index is 437. The molecule has 5 nitrogen and oxygen atoms in total. The molecule has 1 saturated heterocycles. The number of likely N-dealkylation sites (N-methyl/N-ethyl adjacent to an activating group) is 1. The van der Waals surface area contributed by atoms with Crippen LogP contribution in [0, 0.1) is 0 Å². The Hall–Kier alpha value is -1.59. The van der Waals surface area contributed by atoms with Gasteiger partial charge in [0.1, 0.15) is 5.75 Å². The second-order valence-electron chi connectivity index (χ2n) is 5.33. The molecular formula is C15H23N3O2. The highest BCUT2D eigenvalue weighted by molar-refractivity contribution is 5.77. The highest BCUT2D eigenvalue weighted by Crippen LogP contribution is 2.16. The van der Waals surface area contributed by atoms with Crippen LogP contribution in [0.5, 0.6) is 5.75 Å². The van der Waals surface area contributed by atoms with Crippen LogP contribution in [0.2, 0.25) is 0 Å². The van der Waals surface area contributed by atoms with E-state index in [1.54, 1.807) is 0 Å². The summed E-state index contributed by atoms with van der Waals surface area (Å²) in [5, 5.41) is 0. The second-order valence-corrected chi connectivity index (χ2v) is 5.33. The SMILES string of the molecule is C[C@@H](N)c1ccc(OCC(=O)N2CCN(C)CC2)cc1. The van der Waals surface area contributed by atoms with Crippen molar-refractivity contribution in [3.05, 3.63) is 29.8 Å². The third-order valence-electron chi connectivity index (χ3n) is 3.62. The summed E-state index contributed by atoms with van der Waals surface area (Å²) in [7, 11) is 2.07. The quantitative estimate of drug-likeness (QED) is 0.887.